The lowest BCUT2D eigenvalue weighted by molar-refractivity contribution is 0.0521. The molecular formula is C14H20ClIN4O3. The van der Waals surface area contributed by atoms with Crippen LogP contribution < -0.4 is 16.4 Å². The largest absolute Gasteiger partial charge is 0.444 e. The summed E-state index contributed by atoms with van der Waals surface area (Å²) in [4.78, 5) is 27.8. The van der Waals surface area contributed by atoms with Crippen LogP contribution in [-0.2, 0) is 4.74 Å². The van der Waals surface area contributed by atoms with Crippen LogP contribution in [0.15, 0.2) is 6.07 Å². The zero-order valence-corrected chi connectivity index (χ0v) is 16.3. The third-order valence-electron chi connectivity index (χ3n) is 2.55. The second-order valence-corrected chi connectivity index (χ2v) is 7.36. The van der Waals surface area contributed by atoms with Gasteiger partial charge in [-0.15, -0.1) is 0 Å². The first kappa shape index (κ1) is 19.8. The minimum Gasteiger partial charge on any atom is -0.444 e. The van der Waals surface area contributed by atoms with Gasteiger partial charge in [-0.1, -0.05) is 11.6 Å². The third-order valence-corrected chi connectivity index (χ3v) is 3.57. The Morgan fingerprint density at radius 1 is 1.48 bits per heavy atom. The van der Waals surface area contributed by atoms with Gasteiger partial charge in [0, 0.05) is 12.6 Å². The van der Waals surface area contributed by atoms with E-state index >= 15 is 0 Å². The lowest BCUT2D eigenvalue weighted by atomic mass is 10.2. The summed E-state index contributed by atoms with van der Waals surface area (Å²) in [6.07, 6.45) is -0.542. The number of aromatic nitrogens is 1. The van der Waals surface area contributed by atoms with Gasteiger partial charge in [0.1, 0.15) is 14.5 Å². The monoisotopic (exact) mass is 454 g/mol. The minimum absolute atomic E-state index is 0.188. The molecule has 0 radical (unpaired) electrons. The molecule has 1 rings (SSSR count). The number of nitrogen functional groups attached to an aromatic ring is 1. The zero-order valence-electron chi connectivity index (χ0n) is 13.4. The predicted molar refractivity (Wildman–Crippen MR) is 97.5 cm³/mol. The number of halogens is 2. The number of nitrogens with zero attached hydrogens (tertiary/aromatic N) is 1. The highest BCUT2D eigenvalue weighted by Crippen LogP contribution is 2.21. The van der Waals surface area contributed by atoms with E-state index in [2.05, 4.69) is 15.6 Å². The second-order valence-electron chi connectivity index (χ2n) is 5.95. The van der Waals surface area contributed by atoms with Gasteiger partial charge in [-0.05, 0) is 56.4 Å². The van der Waals surface area contributed by atoms with Crippen LogP contribution in [0.3, 0.4) is 0 Å². The first-order valence-electron chi connectivity index (χ1n) is 6.89. The van der Waals surface area contributed by atoms with Gasteiger partial charge in [-0.3, -0.25) is 4.79 Å². The average Bonchev–Trinajstić information content (AvgIpc) is 2.38. The van der Waals surface area contributed by atoms with Crippen LogP contribution in [-0.4, -0.2) is 35.2 Å². The smallest absolute Gasteiger partial charge is 0.407 e. The predicted octanol–water partition coefficient (Wildman–Crippen LogP) is 2.56. The molecule has 0 fully saturated rings. The lowest BCUT2D eigenvalue weighted by Gasteiger charge is -2.21. The normalized spacial score (nSPS) is 12.4. The molecule has 9 heteroatoms. The van der Waals surface area contributed by atoms with E-state index in [-0.39, 0.29) is 34.9 Å². The van der Waals surface area contributed by atoms with Crippen molar-refractivity contribution in [1.29, 1.82) is 0 Å². The molecule has 0 spiro atoms. The Hall–Kier alpha value is -1.29. The molecule has 0 saturated heterocycles. The molecule has 0 aliphatic rings. The standard InChI is InChI=1S/C14H20ClIN4O3/c1-7(6-18-13(22)23-14(2,3)4)19-12(21)8-5-9(15)20-11(16)10(8)17/h5,7H,6,17H2,1-4H3,(H,18,22)(H,19,21). The van der Waals surface area contributed by atoms with Gasteiger partial charge < -0.3 is 21.1 Å². The summed E-state index contributed by atoms with van der Waals surface area (Å²) in [7, 11) is 0. The van der Waals surface area contributed by atoms with E-state index in [4.69, 9.17) is 22.1 Å². The number of anilines is 1. The molecular weight excluding hydrogens is 435 g/mol. The first-order valence-corrected chi connectivity index (χ1v) is 8.34. The van der Waals surface area contributed by atoms with E-state index in [9.17, 15) is 9.59 Å². The average molecular weight is 455 g/mol. The van der Waals surface area contributed by atoms with Crippen molar-refractivity contribution in [2.75, 3.05) is 12.3 Å². The Labute approximate surface area is 153 Å². The van der Waals surface area contributed by atoms with Crippen LogP contribution in [0.2, 0.25) is 5.15 Å². The second kappa shape index (κ2) is 8.00. The molecule has 0 aromatic carbocycles. The fourth-order valence-electron chi connectivity index (χ4n) is 1.59. The molecule has 4 N–H and O–H groups in total. The number of pyridine rings is 1. The molecule has 0 saturated carbocycles. The maximum atomic E-state index is 12.2. The molecule has 1 atom stereocenters. The number of carbonyl (C=O) groups is 2. The summed E-state index contributed by atoms with van der Waals surface area (Å²) in [5.74, 6) is -0.386. The quantitative estimate of drug-likeness (QED) is 0.479. The SMILES string of the molecule is CC(CNC(=O)OC(C)(C)C)NC(=O)c1cc(Cl)nc(I)c1N. The highest BCUT2D eigenvalue weighted by Gasteiger charge is 2.19. The van der Waals surface area contributed by atoms with E-state index in [1.165, 1.54) is 6.07 Å². The van der Waals surface area contributed by atoms with Crippen molar-refractivity contribution in [2.45, 2.75) is 39.3 Å². The van der Waals surface area contributed by atoms with E-state index < -0.39 is 11.7 Å². The molecule has 0 aliphatic carbocycles. The Morgan fingerprint density at radius 3 is 2.65 bits per heavy atom. The van der Waals surface area contributed by atoms with E-state index in [0.717, 1.165) is 0 Å². The van der Waals surface area contributed by atoms with Gasteiger partial charge in [-0.25, -0.2) is 9.78 Å². The molecule has 23 heavy (non-hydrogen) atoms. The summed E-state index contributed by atoms with van der Waals surface area (Å²) in [5.41, 5.74) is 5.78. The molecule has 0 aliphatic heterocycles. The Balaban J connectivity index is 2.60. The van der Waals surface area contributed by atoms with Crippen molar-refractivity contribution < 1.29 is 14.3 Å². The van der Waals surface area contributed by atoms with Crippen molar-refractivity contribution in [3.63, 3.8) is 0 Å². The Kier molecular flexibility index (Phi) is 6.87. The van der Waals surface area contributed by atoms with Crippen LogP contribution in [0.4, 0.5) is 10.5 Å². The van der Waals surface area contributed by atoms with Crippen molar-refractivity contribution in [2.24, 2.45) is 0 Å². The van der Waals surface area contributed by atoms with Crippen LogP contribution >= 0.6 is 34.2 Å². The van der Waals surface area contributed by atoms with Crippen LogP contribution in [0, 0.1) is 3.70 Å². The number of ether oxygens (including phenoxy) is 1. The van der Waals surface area contributed by atoms with Crippen molar-refractivity contribution in [3.8, 4) is 0 Å². The van der Waals surface area contributed by atoms with E-state index in [1.54, 1.807) is 27.7 Å². The van der Waals surface area contributed by atoms with Crippen LogP contribution in [0.5, 0.6) is 0 Å². The summed E-state index contributed by atoms with van der Waals surface area (Å²) in [6, 6.07) is 1.08. The summed E-state index contributed by atoms with van der Waals surface area (Å²) in [6.45, 7) is 7.29. The van der Waals surface area contributed by atoms with Gasteiger partial charge in [0.2, 0.25) is 0 Å². The molecule has 1 aromatic heterocycles. The fourth-order valence-corrected chi connectivity index (χ4v) is 2.47. The number of hydrogen-bond acceptors (Lipinski definition) is 5. The van der Waals surface area contributed by atoms with Gasteiger partial charge in [0.25, 0.3) is 5.91 Å². The Bertz CT molecular complexity index is 604. The maximum Gasteiger partial charge on any atom is 0.407 e. The number of hydrogen-bond donors (Lipinski definition) is 3. The topological polar surface area (TPSA) is 106 Å². The number of nitrogens with two attached hydrogens (primary N) is 1. The van der Waals surface area contributed by atoms with Gasteiger partial charge in [0.15, 0.2) is 0 Å². The molecule has 1 aromatic rings. The van der Waals surface area contributed by atoms with Gasteiger partial charge in [0.05, 0.1) is 11.3 Å². The van der Waals surface area contributed by atoms with Gasteiger partial charge >= 0.3 is 6.09 Å². The molecule has 1 unspecified atom stereocenters. The number of rotatable bonds is 4. The van der Waals surface area contributed by atoms with Crippen LogP contribution in [0.25, 0.3) is 0 Å². The number of nitrogens with one attached hydrogen (secondary N) is 2. The van der Waals surface area contributed by atoms with E-state index in [1.807, 2.05) is 22.6 Å². The molecule has 0 bridgehead atoms. The Morgan fingerprint density at radius 2 is 2.09 bits per heavy atom. The molecule has 128 valence electrons. The minimum atomic E-state index is -0.574. The molecule has 2 amide bonds. The van der Waals surface area contributed by atoms with Crippen molar-refractivity contribution in [1.82, 2.24) is 15.6 Å². The van der Waals surface area contributed by atoms with E-state index in [0.29, 0.717) is 3.70 Å². The first-order chi connectivity index (χ1) is 10.5. The highest BCUT2D eigenvalue weighted by atomic mass is 127. The van der Waals surface area contributed by atoms with Crippen LogP contribution in [0.1, 0.15) is 38.1 Å². The third kappa shape index (κ3) is 6.78. The number of alkyl carbamates (subject to hydrolysis) is 1. The zero-order chi connectivity index (χ0) is 17.8. The summed E-state index contributed by atoms with van der Waals surface area (Å²) < 4.78 is 5.58. The van der Waals surface area contributed by atoms with Crippen molar-refractivity contribution >= 4 is 51.9 Å². The fraction of sp³-hybridized carbons (Fsp3) is 0.500. The highest BCUT2D eigenvalue weighted by molar-refractivity contribution is 14.1. The number of carbonyl (C=O) groups excluding carboxylic acids is 2. The lowest BCUT2D eigenvalue weighted by Crippen LogP contribution is -2.43. The molecule has 1 heterocycles. The summed E-state index contributed by atoms with van der Waals surface area (Å²) in [5, 5.41) is 5.51. The molecule has 7 nitrogen and oxygen atoms in total. The van der Waals surface area contributed by atoms with Crippen molar-refractivity contribution in [3.05, 3.63) is 20.5 Å². The number of amides is 2. The summed E-state index contributed by atoms with van der Waals surface area (Å²) >= 11 is 7.75. The van der Waals surface area contributed by atoms with Gasteiger partial charge in [-0.2, -0.15) is 0 Å². The maximum absolute atomic E-state index is 12.2.